The van der Waals surface area contributed by atoms with Gasteiger partial charge in [-0.05, 0) is 47.4 Å². The zero-order valence-electron chi connectivity index (χ0n) is 14.4. The van der Waals surface area contributed by atoms with Crippen molar-refractivity contribution in [2.45, 2.75) is 18.9 Å². The second-order valence-electron chi connectivity index (χ2n) is 6.42. The highest BCUT2D eigenvalue weighted by atomic mass is 32.1. The Hall–Kier alpha value is -2.11. The first-order chi connectivity index (χ1) is 12.3. The van der Waals surface area contributed by atoms with Crippen LogP contribution >= 0.6 is 11.3 Å². The maximum atomic E-state index is 5.48. The Kier molecular flexibility index (Phi) is 4.85. The second kappa shape index (κ2) is 7.42. The minimum atomic E-state index is 0.471. The lowest BCUT2D eigenvalue weighted by atomic mass is 10.0. The quantitative estimate of drug-likeness (QED) is 0.759. The molecule has 1 unspecified atom stereocenters. The number of nitrogens with zero attached hydrogens (tertiary/aromatic N) is 2. The van der Waals surface area contributed by atoms with Gasteiger partial charge in [-0.15, -0.1) is 11.3 Å². The predicted octanol–water partition coefficient (Wildman–Crippen LogP) is 3.72. The summed E-state index contributed by atoms with van der Waals surface area (Å²) in [5.74, 6) is 1.81. The minimum Gasteiger partial charge on any atom is -0.493 e. The number of aromatic nitrogens is 1. The predicted molar refractivity (Wildman–Crippen MR) is 105 cm³/mol. The minimum absolute atomic E-state index is 0.471. The summed E-state index contributed by atoms with van der Waals surface area (Å²) in [6, 6.07) is 13.1. The van der Waals surface area contributed by atoms with E-state index in [1.54, 1.807) is 7.11 Å². The topological polar surface area (TPSA) is 37.4 Å². The van der Waals surface area contributed by atoms with E-state index in [-0.39, 0.29) is 0 Å². The summed E-state index contributed by atoms with van der Waals surface area (Å²) < 4.78 is 6.86. The van der Waals surface area contributed by atoms with Gasteiger partial charge in [0.2, 0.25) is 0 Å². The maximum Gasteiger partial charge on any atom is 0.171 e. The third-order valence-electron chi connectivity index (χ3n) is 4.85. The number of anilines is 1. The largest absolute Gasteiger partial charge is 0.493 e. The van der Waals surface area contributed by atoms with Gasteiger partial charge in [0.15, 0.2) is 11.6 Å². The molecule has 1 aromatic carbocycles. The van der Waals surface area contributed by atoms with Crippen molar-refractivity contribution in [3.63, 3.8) is 0 Å². The third kappa shape index (κ3) is 3.48. The van der Waals surface area contributed by atoms with Gasteiger partial charge >= 0.3 is 0 Å². The number of rotatable bonds is 5. The molecule has 0 spiro atoms. The highest BCUT2D eigenvalue weighted by molar-refractivity contribution is 7.17. The number of fused-ring (bicyclic) bond motifs is 1. The Morgan fingerprint density at radius 2 is 2.20 bits per heavy atom. The van der Waals surface area contributed by atoms with Crippen LogP contribution < -0.4 is 15.0 Å². The van der Waals surface area contributed by atoms with Crippen molar-refractivity contribution in [3.05, 3.63) is 53.5 Å². The first-order valence-electron chi connectivity index (χ1n) is 8.77. The van der Waals surface area contributed by atoms with Crippen LogP contribution in [0.1, 0.15) is 12.0 Å². The van der Waals surface area contributed by atoms with Crippen LogP contribution in [0, 0.1) is 0 Å². The Morgan fingerprint density at radius 1 is 1.28 bits per heavy atom. The van der Waals surface area contributed by atoms with Crippen LogP contribution in [0.15, 0.2) is 48.0 Å². The number of nitrogens with one attached hydrogen (secondary N) is 1. The fourth-order valence-electron chi connectivity index (χ4n) is 3.55. The number of pyridine rings is 1. The fourth-order valence-corrected chi connectivity index (χ4v) is 4.54. The van der Waals surface area contributed by atoms with E-state index < -0.39 is 0 Å². The molecule has 2 aromatic heterocycles. The van der Waals surface area contributed by atoms with E-state index in [9.17, 15) is 0 Å². The van der Waals surface area contributed by atoms with Gasteiger partial charge in [0.05, 0.1) is 7.11 Å². The molecule has 3 heterocycles. The summed E-state index contributed by atoms with van der Waals surface area (Å²) in [6.45, 7) is 2.91. The molecule has 3 aromatic rings. The standard InChI is InChI=1S/C20H23N3OS/c1-24-18-6-4-10-22-20(18)23-12-11-21-16(13-23)9-8-15-14-25-19-7-3-2-5-17(15)19/h2-7,10,14,16,21H,8-9,11-13H2,1H3. The van der Waals surface area contributed by atoms with Crippen LogP contribution in [0.3, 0.4) is 0 Å². The fraction of sp³-hybridized carbons (Fsp3) is 0.350. The molecule has 0 saturated carbocycles. The summed E-state index contributed by atoms with van der Waals surface area (Å²) in [4.78, 5) is 6.87. The number of ether oxygens (including phenoxy) is 1. The van der Waals surface area contributed by atoms with E-state index in [1.165, 1.54) is 15.6 Å². The normalized spacial score (nSPS) is 17.8. The van der Waals surface area contributed by atoms with Crippen LogP contribution in [0.5, 0.6) is 5.75 Å². The van der Waals surface area contributed by atoms with Crippen molar-refractivity contribution in [3.8, 4) is 5.75 Å². The molecule has 25 heavy (non-hydrogen) atoms. The third-order valence-corrected chi connectivity index (χ3v) is 5.86. The van der Waals surface area contributed by atoms with Crippen LogP contribution in [-0.2, 0) is 6.42 Å². The molecule has 5 heteroatoms. The van der Waals surface area contributed by atoms with Gasteiger partial charge in [-0.2, -0.15) is 0 Å². The number of methoxy groups -OCH3 is 1. The summed E-state index contributed by atoms with van der Waals surface area (Å²) in [5.41, 5.74) is 1.47. The molecule has 1 fully saturated rings. The van der Waals surface area contributed by atoms with Crippen molar-refractivity contribution < 1.29 is 4.74 Å². The zero-order valence-corrected chi connectivity index (χ0v) is 15.3. The number of thiophene rings is 1. The van der Waals surface area contributed by atoms with Crippen molar-refractivity contribution in [1.29, 1.82) is 0 Å². The Morgan fingerprint density at radius 3 is 3.12 bits per heavy atom. The van der Waals surface area contributed by atoms with Gasteiger partial charge < -0.3 is 15.0 Å². The van der Waals surface area contributed by atoms with E-state index in [2.05, 4.69) is 44.8 Å². The summed E-state index contributed by atoms with van der Waals surface area (Å²) >= 11 is 1.85. The van der Waals surface area contributed by atoms with E-state index in [4.69, 9.17) is 4.74 Å². The molecule has 0 aliphatic carbocycles. The molecule has 0 bridgehead atoms. The van der Waals surface area contributed by atoms with Gasteiger partial charge in [-0.25, -0.2) is 4.98 Å². The van der Waals surface area contributed by atoms with Crippen LogP contribution in [0.25, 0.3) is 10.1 Å². The molecule has 1 N–H and O–H groups in total. The zero-order chi connectivity index (χ0) is 17.1. The molecule has 1 saturated heterocycles. The molecule has 1 atom stereocenters. The number of piperazine rings is 1. The van der Waals surface area contributed by atoms with Gasteiger partial charge in [0.1, 0.15) is 0 Å². The van der Waals surface area contributed by atoms with Gasteiger partial charge in [-0.3, -0.25) is 0 Å². The molecule has 130 valence electrons. The average Bonchev–Trinajstić information content (AvgIpc) is 3.10. The monoisotopic (exact) mass is 353 g/mol. The van der Waals surface area contributed by atoms with Gasteiger partial charge in [0.25, 0.3) is 0 Å². The molecule has 4 rings (SSSR count). The number of aryl methyl sites for hydroxylation is 1. The Labute approximate surface area is 152 Å². The number of hydrogen-bond acceptors (Lipinski definition) is 5. The van der Waals surface area contributed by atoms with Crippen LogP contribution in [0.2, 0.25) is 0 Å². The van der Waals surface area contributed by atoms with E-state index in [1.807, 2.05) is 29.7 Å². The van der Waals surface area contributed by atoms with Gasteiger partial charge in [-0.1, -0.05) is 18.2 Å². The SMILES string of the molecule is COc1cccnc1N1CCNC(CCc2csc3ccccc23)C1. The average molecular weight is 353 g/mol. The molecule has 1 aliphatic rings. The summed E-state index contributed by atoms with van der Waals surface area (Å²) in [7, 11) is 1.71. The first-order valence-corrected chi connectivity index (χ1v) is 9.65. The highest BCUT2D eigenvalue weighted by Crippen LogP contribution is 2.28. The number of benzene rings is 1. The van der Waals surface area contributed by atoms with Crippen molar-refractivity contribution >= 4 is 27.2 Å². The number of hydrogen-bond donors (Lipinski definition) is 1. The molecule has 4 nitrogen and oxygen atoms in total. The molecule has 0 amide bonds. The Bertz CT molecular complexity index is 848. The highest BCUT2D eigenvalue weighted by Gasteiger charge is 2.22. The molecular weight excluding hydrogens is 330 g/mol. The molecule has 1 aliphatic heterocycles. The second-order valence-corrected chi connectivity index (χ2v) is 7.33. The molecule has 0 radical (unpaired) electrons. The summed E-state index contributed by atoms with van der Waals surface area (Å²) in [6.07, 6.45) is 4.08. The molecular formula is C20H23N3OS. The van der Waals surface area contributed by atoms with Crippen molar-refractivity contribution in [1.82, 2.24) is 10.3 Å². The smallest absolute Gasteiger partial charge is 0.171 e. The van der Waals surface area contributed by atoms with E-state index >= 15 is 0 Å². The van der Waals surface area contributed by atoms with E-state index in [0.717, 1.165) is 44.0 Å². The van der Waals surface area contributed by atoms with Gasteiger partial charge in [0, 0.05) is 36.6 Å². The van der Waals surface area contributed by atoms with E-state index in [0.29, 0.717) is 6.04 Å². The van der Waals surface area contributed by atoms with Crippen LogP contribution in [0.4, 0.5) is 5.82 Å². The van der Waals surface area contributed by atoms with Crippen molar-refractivity contribution in [2.24, 2.45) is 0 Å². The maximum absolute atomic E-state index is 5.48. The van der Waals surface area contributed by atoms with Crippen molar-refractivity contribution in [2.75, 3.05) is 31.6 Å². The Balaban J connectivity index is 1.43. The van der Waals surface area contributed by atoms with Crippen LogP contribution in [-0.4, -0.2) is 37.8 Å². The lowest BCUT2D eigenvalue weighted by Gasteiger charge is -2.35. The summed E-state index contributed by atoms with van der Waals surface area (Å²) in [5, 5.41) is 7.38. The lowest BCUT2D eigenvalue weighted by Crippen LogP contribution is -2.51. The first kappa shape index (κ1) is 16.4. The lowest BCUT2D eigenvalue weighted by molar-refractivity contribution is 0.400.